The molecular formula is C18H22ClN. The zero-order valence-corrected chi connectivity index (χ0v) is 13.2. The highest BCUT2D eigenvalue weighted by Crippen LogP contribution is 2.24. The van der Waals surface area contributed by atoms with E-state index in [-0.39, 0.29) is 0 Å². The Hall–Kier alpha value is -1.31. The Bertz CT molecular complexity index is 560. The number of likely N-dealkylation sites (N-methyl/N-ethyl adjacent to an activating group) is 1. The van der Waals surface area contributed by atoms with Gasteiger partial charge < -0.3 is 5.32 Å². The summed E-state index contributed by atoms with van der Waals surface area (Å²) < 4.78 is 0. The molecule has 1 unspecified atom stereocenters. The van der Waals surface area contributed by atoms with Crippen LogP contribution in [0.5, 0.6) is 0 Å². The van der Waals surface area contributed by atoms with Gasteiger partial charge in [-0.1, -0.05) is 54.9 Å². The molecule has 0 amide bonds. The SMILES string of the molecule is CCc1ccc(C(Cc2ccc(C)cc2Cl)NC)cc1. The Morgan fingerprint density at radius 1 is 1.10 bits per heavy atom. The Labute approximate surface area is 127 Å². The molecular weight excluding hydrogens is 266 g/mol. The van der Waals surface area contributed by atoms with Crippen LogP contribution >= 0.6 is 11.6 Å². The number of rotatable bonds is 5. The quantitative estimate of drug-likeness (QED) is 0.839. The van der Waals surface area contributed by atoms with Gasteiger partial charge in [-0.15, -0.1) is 0 Å². The van der Waals surface area contributed by atoms with Gasteiger partial charge in [-0.25, -0.2) is 0 Å². The summed E-state index contributed by atoms with van der Waals surface area (Å²) in [6.07, 6.45) is 1.98. The number of halogens is 1. The van der Waals surface area contributed by atoms with Crippen LogP contribution in [-0.2, 0) is 12.8 Å². The lowest BCUT2D eigenvalue weighted by atomic mass is 9.97. The van der Waals surface area contributed by atoms with E-state index < -0.39 is 0 Å². The minimum atomic E-state index is 0.293. The van der Waals surface area contributed by atoms with E-state index in [1.165, 1.54) is 22.3 Å². The molecule has 1 atom stereocenters. The number of benzene rings is 2. The van der Waals surface area contributed by atoms with Gasteiger partial charge in [0.2, 0.25) is 0 Å². The van der Waals surface area contributed by atoms with Crippen molar-refractivity contribution in [2.75, 3.05) is 7.05 Å². The Kier molecular flexibility index (Phi) is 5.22. The molecule has 2 aromatic carbocycles. The summed E-state index contributed by atoms with van der Waals surface area (Å²) >= 11 is 6.34. The van der Waals surface area contributed by atoms with Crippen molar-refractivity contribution >= 4 is 11.6 Å². The molecule has 0 saturated carbocycles. The fourth-order valence-corrected chi connectivity index (χ4v) is 2.72. The van der Waals surface area contributed by atoms with Crippen LogP contribution in [0.15, 0.2) is 42.5 Å². The van der Waals surface area contributed by atoms with Crippen molar-refractivity contribution < 1.29 is 0 Å². The highest BCUT2D eigenvalue weighted by molar-refractivity contribution is 6.31. The molecule has 0 bridgehead atoms. The summed E-state index contributed by atoms with van der Waals surface area (Å²) in [5, 5.41) is 4.24. The first-order chi connectivity index (χ1) is 9.63. The first-order valence-electron chi connectivity index (χ1n) is 7.15. The van der Waals surface area contributed by atoms with E-state index in [0.717, 1.165) is 17.9 Å². The maximum absolute atomic E-state index is 6.34. The van der Waals surface area contributed by atoms with Crippen LogP contribution in [0, 0.1) is 6.92 Å². The molecule has 0 aromatic heterocycles. The lowest BCUT2D eigenvalue weighted by molar-refractivity contribution is 0.592. The smallest absolute Gasteiger partial charge is 0.0441 e. The fraction of sp³-hybridized carbons (Fsp3) is 0.333. The van der Waals surface area contributed by atoms with Crippen molar-refractivity contribution in [3.05, 3.63) is 69.7 Å². The van der Waals surface area contributed by atoms with Gasteiger partial charge in [-0.3, -0.25) is 0 Å². The number of aryl methyl sites for hydroxylation is 2. The lowest BCUT2D eigenvalue weighted by Crippen LogP contribution is -2.19. The first kappa shape index (κ1) is 15.1. The van der Waals surface area contributed by atoms with E-state index in [2.05, 4.69) is 55.6 Å². The summed E-state index contributed by atoms with van der Waals surface area (Å²) in [6, 6.07) is 15.4. The van der Waals surface area contributed by atoms with Crippen molar-refractivity contribution in [3.63, 3.8) is 0 Å². The van der Waals surface area contributed by atoms with E-state index in [1.807, 2.05) is 13.1 Å². The summed E-state index contributed by atoms with van der Waals surface area (Å²) in [6.45, 7) is 4.24. The Balaban J connectivity index is 2.19. The standard InChI is InChI=1S/C18H22ClN/c1-4-14-6-9-15(10-7-14)18(20-3)12-16-8-5-13(2)11-17(16)19/h5-11,18,20H,4,12H2,1-3H3. The second-order valence-electron chi connectivity index (χ2n) is 5.24. The average Bonchev–Trinajstić information content (AvgIpc) is 2.47. The van der Waals surface area contributed by atoms with E-state index in [0.29, 0.717) is 6.04 Å². The highest BCUT2D eigenvalue weighted by Gasteiger charge is 2.12. The third-order valence-corrected chi connectivity index (χ3v) is 4.12. The van der Waals surface area contributed by atoms with Crippen molar-refractivity contribution in [2.45, 2.75) is 32.7 Å². The van der Waals surface area contributed by atoms with Gasteiger partial charge in [0.25, 0.3) is 0 Å². The van der Waals surface area contributed by atoms with E-state index >= 15 is 0 Å². The molecule has 0 heterocycles. The summed E-state index contributed by atoms with van der Waals surface area (Å²) in [5.41, 5.74) is 5.07. The first-order valence-corrected chi connectivity index (χ1v) is 7.53. The zero-order chi connectivity index (χ0) is 14.5. The van der Waals surface area contributed by atoms with Crippen LogP contribution in [0.25, 0.3) is 0 Å². The van der Waals surface area contributed by atoms with Crippen molar-refractivity contribution in [1.82, 2.24) is 5.32 Å². The van der Waals surface area contributed by atoms with E-state index in [1.54, 1.807) is 0 Å². The number of nitrogens with one attached hydrogen (secondary N) is 1. The number of hydrogen-bond donors (Lipinski definition) is 1. The Morgan fingerprint density at radius 3 is 2.35 bits per heavy atom. The second kappa shape index (κ2) is 6.92. The molecule has 0 saturated heterocycles. The molecule has 0 aliphatic rings. The van der Waals surface area contributed by atoms with Crippen LogP contribution < -0.4 is 5.32 Å². The van der Waals surface area contributed by atoms with Gasteiger partial charge in [-0.05, 0) is 55.1 Å². The van der Waals surface area contributed by atoms with Crippen molar-refractivity contribution in [3.8, 4) is 0 Å². The normalized spacial score (nSPS) is 12.4. The molecule has 0 aliphatic carbocycles. The largest absolute Gasteiger partial charge is 0.313 e. The predicted molar refractivity (Wildman–Crippen MR) is 87.5 cm³/mol. The molecule has 1 N–H and O–H groups in total. The Morgan fingerprint density at radius 2 is 1.80 bits per heavy atom. The zero-order valence-electron chi connectivity index (χ0n) is 12.4. The molecule has 0 spiro atoms. The van der Waals surface area contributed by atoms with Crippen LogP contribution in [0.3, 0.4) is 0 Å². The summed E-state index contributed by atoms with van der Waals surface area (Å²) in [4.78, 5) is 0. The molecule has 2 heteroatoms. The van der Waals surface area contributed by atoms with Crippen LogP contribution in [0.4, 0.5) is 0 Å². The third-order valence-electron chi connectivity index (χ3n) is 3.77. The molecule has 2 rings (SSSR count). The molecule has 106 valence electrons. The van der Waals surface area contributed by atoms with Gasteiger partial charge >= 0.3 is 0 Å². The molecule has 2 aromatic rings. The van der Waals surface area contributed by atoms with Crippen molar-refractivity contribution in [2.24, 2.45) is 0 Å². The predicted octanol–water partition coefficient (Wildman–Crippen LogP) is 4.71. The highest BCUT2D eigenvalue weighted by atomic mass is 35.5. The lowest BCUT2D eigenvalue weighted by Gasteiger charge is -2.18. The second-order valence-corrected chi connectivity index (χ2v) is 5.64. The van der Waals surface area contributed by atoms with E-state index in [4.69, 9.17) is 11.6 Å². The van der Waals surface area contributed by atoms with Crippen LogP contribution in [-0.4, -0.2) is 7.05 Å². The summed E-state index contributed by atoms with van der Waals surface area (Å²) in [7, 11) is 2.00. The minimum Gasteiger partial charge on any atom is -0.313 e. The van der Waals surface area contributed by atoms with Gasteiger partial charge in [0.1, 0.15) is 0 Å². The van der Waals surface area contributed by atoms with Gasteiger partial charge in [-0.2, -0.15) is 0 Å². The van der Waals surface area contributed by atoms with Crippen LogP contribution in [0.2, 0.25) is 5.02 Å². The molecule has 20 heavy (non-hydrogen) atoms. The number of hydrogen-bond acceptors (Lipinski definition) is 1. The summed E-state index contributed by atoms with van der Waals surface area (Å²) in [5.74, 6) is 0. The van der Waals surface area contributed by atoms with Gasteiger partial charge in [0.05, 0.1) is 0 Å². The molecule has 0 radical (unpaired) electrons. The monoisotopic (exact) mass is 287 g/mol. The molecule has 0 fully saturated rings. The van der Waals surface area contributed by atoms with Crippen molar-refractivity contribution in [1.29, 1.82) is 0 Å². The van der Waals surface area contributed by atoms with Crippen LogP contribution in [0.1, 0.15) is 35.2 Å². The fourth-order valence-electron chi connectivity index (χ4n) is 2.41. The van der Waals surface area contributed by atoms with Gasteiger partial charge in [0.15, 0.2) is 0 Å². The topological polar surface area (TPSA) is 12.0 Å². The maximum Gasteiger partial charge on any atom is 0.0441 e. The average molecular weight is 288 g/mol. The van der Waals surface area contributed by atoms with Gasteiger partial charge in [0, 0.05) is 11.1 Å². The van der Waals surface area contributed by atoms with E-state index in [9.17, 15) is 0 Å². The molecule has 1 nitrogen and oxygen atoms in total. The molecule has 0 aliphatic heterocycles. The third kappa shape index (κ3) is 3.62. The minimum absolute atomic E-state index is 0.293. The maximum atomic E-state index is 6.34.